The number of carbonyl (C=O) groups excluding carboxylic acids is 1. The molecule has 1 amide bonds. The van der Waals surface area contributed by atoms with E-state index in [-0.39, 0.29) is 5.91 Å². The second-order valence-corrected chi connectivity index (χ2v) is 4.72. The van der Waals surface area contributed by atoms with E-state index in [4.69, 9.17) is 0 Å². The van der Waals surface area contributed by atoms with Crippen molar-refractivity contribution in [2.75, 3.05) is 11.9 Å². The summed E-state index contributed by atoms with van der Waals surface area (Å²) < 4.78 is 0. The van der Waals surface area contributed by atoms with E-state index in [9.17, 15) is 4.79 Å². The van der Waals surface area contributed by atoms with Crippen molar-refractivity contribution < 1.29 is 4.79 Å². The fourth-order valence-electron chi connectivity index (χ4n) is 1.75. The molecule has 0 radical (unpaired) electrons. The van der Waals surface area contributed by atoms with Gasteiger partial charge in [-0.3, -0.25) is 4.79 Å². The fraction of sp³-hybridized carbons (Fsp3) is 0.500. The van der Waals surface area contributed by atoms with E-state index in [1.165, 1.54) is 0 Å². The molecule has 17 heavy (non-hydrogen) atoms. The third kappa shape index (κ3) is 3.22. The van der Waals surface area contributed by atoms with Crippen LogP contribution in [-0.4, -0.2) is 18.5 Å². The highest BCUT2D eigenvalue weighted by Gasteiger charge is 2.24. The molecule has 0 aromatic heterocycles. The van der Waals surface area contributed by atoms with Gasteiger partial charge in [0.2, 0.25) is 0 Å². The predicted molar refractivity (Wildman–Crippen MR) is 70.4 cm³/mol. The van der Waals surface area contributed by atoms with E-state index in [1.54, 1.807) is 0 Å². The molecule has 1 saturated carbocycles. The number of aryl methyl sites for hydroxylation is 1. The third-order valence-corrected chi connectivity index (χ3v) is 2.90. The molecule has 0 atom stereocenters. The second kappa shape index (κ2) is 5.21. The SMILES string of the molecule is CCCNc1ccc(C)cc1C(=O)NC1CC1. The van der Waals surface area contributed by atoms with Crippen LogP contribution in [0.5, 0.6) is 0 Å². The number of anilines is 1. The molecule has 0 unspecified atom stereocenters. The summed E-state index contributed by atoms with van der Waals surface area (Å²) in [4.78, 5) is 12.1. The Hall–Kier alpha value is -1.51. The van der Waals surface area contributed by atoms with Crippen molar-refractivity contribution in [3.8, 4) is 0 Å². The minimum absolute atomic E-state index is 0.0507. The highest BCUT2D eigenvalue weighted by atomic mass is 16.1. The van der Waals surface area contributed by atoms with Gasteiger partial charge in [-0.25, -0.2) is 0 Å². The maximum Gasteiger partial charge on any atom is 0.253 e. The molecule has 3 heteroatoms. The van der Waals surface area contributed by atoms with Crippen LogP contribution in [0.25, 0.3) is 0 Å². The van der Waals surface area contributed by atoms with Gasteiger partial charge < -0.3 is 10.6 Å². The topological polar surface area (TPSA) is 41.1 Å². The second-order valence-electron chi connectivity index (χ2n) is 4.72. The average Bonchev–Trinajstić information content (AvgIpc) is 3.11. The van der Waals surface area contributed by atoms with Crippen LogP contribution in [0.15, 0.2) is 18.2 Å². The van der Waals surface area contributed by atoms with Crippen LogP contribution < -0.4 is 10.6 Å². The zero-order chi connectivity index (χ0) is 12.3. The number of hydrogen-bond donors (Lipinski definition) is 2. The van der Waals surface area contributed by atoms with Crippen molar-refractivity contribution in [2.45, 2.75) is 39.2 Å². The van der Waals surface area contributed by atoms with Crippen LogP contribution >= 0.6 is 0 Å². The summed E-state index contributed by atoms with van der Waals surface area (Å²) in [6, 6.07) is 6.39. The van der Waals surface area contributed by atoms with Crippen LogP contribution in [0, 0.1) is 6.92 Å². The minimum Gasteiger partial charge on any atom is -0.384 e. The fourth-order valence-corrected chi connectivity index (χ4v) is 1.75. The molecule has 0 heterocycles. The summed E-state index contributed by atoms with van der Waals surface area (Å²) in [6.07, 6.45) is 3.29. The van der Waals surface area contributed by atoms with Gasteiger partial charge in [0, 0.05) is 18.3 Å². The molecular formula is C14H20N2O. The largest absolute Gasteiger partial charge is 0.384 e. The lowest BCUT2D eigenvalue weighted by molar-refractivity contribution is 0.0952. The molecule has 0 saturated heterocycles. The van der Waals surface area contributed by atoms with Crippen LogP contribution in [0.4, 0.5) is 5.69 Å². The number of hydrogen-bond acceptors (Lipinski definition) is 2. The lowest BCUT2D eigenvalue weighted by Crippen LogP contribution is -2.26. The Kier molecular flexibility index (Phi) is 3.67. The quantitative estimate of drug-likeness (QED) is 0.819. The Balaban J connectivity index is 2.15. The van der Waals surface area contributed by atoms with Gasteiger partial charge in [-0.05, 0) is 38.3 Å². The van der Waals surface area contributed by atoms with E-state index < -0.39 is 0 Å². The molecule has 1 fully saturated rings. The standard InChI is InChI=1S/C14H20N2O/c1-3-8-15-13-7-4-10(2)9-12(13)14(17)16-11-5-6-11/h4,7,9,11,15H,3,5-6,8H2,1-2H3,(H,16,17). The van der Waals surface area contributed by atoms with Gasteiger partial charge in [-0.1, -0.05) is 18.6 Å². The van der Waals surface area contributed by atoms with Gasteiger partial charge in [0.1, 0.15) is 0 Å². The van der Waals surface area contributed by atoms with Crippen LogP contribution in [0.2, 0.25) is 0 Å². The van der Waals surface area contributed by atoms with E-state index in [0.717, 1.165) is 42.6 Å². The Morgan fingerprint density at radius 1 is 1.41 bits per heavy atom. The van der Waals surface area contributed by atoms with Crippen molar-refractivity contribution in [2.24, 2.45) is 0 Å². The normalized spacial score (nSPS) is 14.5. The zero-order valence-electron chi connectivity index (χ0n) is 10.5. The molecule has 0 bridgehead atoms. The Morgan fingerprint density at radius 2 is 2.18 bits per heavy atom. The molecule has 92 valence electrons. The van der Waals surface area contributed by atoms with E-state index >= 15 is 0 Å². The smallest absolute Gasteiger partial charge is 0.253 e. The lowest BCUT2D eigenvalue weighted by atomic mass is 10.1. The molecule has 1 aromatic carbocycles. The molecule has 2 N–H and O–H groups in total. The molecule has 0 aliphatic heterocycles. The first kappa shape index (κ1) is 12.0. The summed E-state index contributed by atoms with van der Waals surface area (Å²) in [5.41, 5.74) is 2.83. The monoisotopic (exact) mass is 232 g/mol. The minimum atomic E-state index is 0.0507. The Labute approximate surface area is 103 Å². The first-order chi connectivity index (χ1) is 8.20. The van der Waals surface area contributed by atoms with Crippen LogP contribution in [-0.2, 0) is 0 Å². The number of rotatable bonds is 5. The molecule has 1 aromatic rings. The zero-order valence-corrected chi connectivity index (χ0v) is 10.5. The summed E-state index contributed by atoms with van der Waals surface area (Å²) in [5.74, 6) is 0.0507. The van der Waals surface area contributed by atoms with Crippen molar-refractivity contribution in [3.63, 3.8) is 0 Å². The van der Waals surface area contributed by atoms with Crippen molar-refractivity contribution in [1.29, 1.82) is 0 Å². The van der Waals surface area contributed by atoms with Gasteiger partial charge >= 0.3 is 0 Å². The average molecular weight is 232 g/mol. The van der Waals surface area contributed by atoms with E-state index in [1.807, 2.05) is 25.1 Å². The summed E-state index contributed by atoms with van der Waals surface area (Å²) in [5, 5.41) is 6.34. The molecule has 1 aliphatic rings. The summed E-state index contributed by atoms with van der Waals surface area (Å²) >= 11 is 0. The highest BCUT2D eigenvalue weighted by Crippen LogP contribution is 2.22. The summed E-state index contributed by atoms with van der Waals surface area (Å²) in [7, 11) is 0. The molecular weight excluding hydrogens is 212 g/mol. The van der Waals surface area contributed by atoms with Crippen LogP contribution in [0.1, 0.15) is 42.1 Å². The first-order valence-corrected chi connectivity index (χ1v) is 6.36. The van der Waals surface area contributed by atoms with Crippen molar-refractivity contribution in [1.82, 2.24) is 5.32 Å². The molecule has 2 rings (SSSR count). The Bertz CT molecular complexity index is 411. The van der Waals surface area contributed by atoms with E-state index in [2.05, 4.69) is 17.6 Å². The first-order valence-electron chi connectivity index (χ1n) is 6.36. The summed E-state index contributed by atoms with van der Waals surface area (Å²) in [6.45, 7) is 5.02. The van der Waals surface area contributed by atoms with E-state index in [0.29, 0.717) is 6.04 Å². The van der Waals surface area contributed by atoms with Crippen molar-refractivity contribution in [3.05, 3.63) is 29.3 Å². The molecule has 0 spiro atoms. The third-order valence-electron chi connectivity index (χ3n) is 2.90. The highest BCUT2D eigenvalue weighted by molar-refractivity contribution is 6.00. The van der Waals surface area contributed by atoms with Gasteiger partial charge in [0.05, 0.1) is 5.56 Å². The van der Waals surface area contributed by atoms with Crippen LogP contribution in [0.3, 0.4) is 0 Å². The number of carbonyl (C=O) groups is 1. The molecule has 1 aliphatic carbocycles. The molecule has 3 nitrogen and oxygen atoms in total. The van der Waals surface area contributed by atoms with Gasteiger partial charge in [0.15, 0.2) is 0 Å². The van der Waals surface area contributed by atoms with Crippen molar-refractivity contribution >= 4 is 11.6 Å². The Morgan fingerprint density at radius 3 is 2.82 bits per heavy atom. The number of nitrogens with one attached hydrogen (secondary N) is 2. The predicted octanol–water partition coefficient (Wildman–Crippen LogP) is 2.71. The van der Waals surface area contributed by atoms with Gasteiger partial charge in [-0.15, -0.1) is 0 Å². The maximum atomic E-state index is 12.1. The van der Waals surface area contributed by atoms with Gasteiger partial charge in [0.25, 0.3) is 5.91 Å². The lowest BCUT2D eigenvalue weighted by Gasteiger charge is -2.12. The maximum absolute atomic E-state index is 12.1. The number of benzene rings is 1. The van der Waals surface area contributed by atoms with Gasteiger partial charge in [-0.2, -0.15) is 0 Å². The number of amides is 1.